The van der Waals surface area contributed by atoms with Crippen LogP contribution in [-0.2, 0) is 19.6 Å². The highest BCUT2D eigenvalue weighted by molar-refractivity contribution is 7.90. The fourth-order valence-corrected chi connectivity index (χ4v) is 3.59. The minimum absolute atomic E-state index is 0.00511. The number of carbonyl (C=O) groups excluding carboxylic acids is 2. The molecule has 27 heavy (non-hydrogen) atoms. The summed E-state index contributed by atoms with van der Waals surface area (Å²) < 4.78 is 56.8. The molecule has 1 aliphatic rings. The molecule has 0 fully saturated rings. The minimum Gasteiger partial charge on any atom is -0.456 e. The summed E-state index contributed by atoms with van der Waals surface area (Å²) in [6.07, 6.45) is 0. The number of esters is 1. The molecular weight excluding hydrogens is 382 g/mol. The van der Waals surface area contributed by atoms with E-state index in [9.17, 15) is 26.8 Å². The van der Waals surface area contributed by atoms with Gasteiger partial charge in [0, 0.05) is 11.1 Å². The Hall–Kier alpha value is -3.14. The smallest absolute Gasteiger partial charge is 0.328 e. The van der Waals surface area contributed by atoms with E-state index in [1.165, 1.54) is 12.1 Å². The lowest BCUT2D eigenvalue weighted by molar-refractivity contribution is -0.140. The average Bonchev–Trinajstić information content (AvgIpc) is 2.91. The van der Waals surface area contributed by atoms with Crippen LogP contribution >= 0.6 is 0 Å². The molecule has 3 rings (SSSR count). The molecule has 0 bridgehead atoms. The first-order valence-electron chi connectivity index (χ1n) is 7.58. The molecule has 1 aliphatic heterocycles. The number of nitrogens with zero attached hydrogens (tertiary/aromatic N) is 1. The van der Waals surface area contributed by atoms with Gasteiger partial charge in [-0.15, -0.1) is 0 Å². The molecule has 0 atom stereocenters. The van der Waals surface area contributed by atoms with Crippen LogP contribution in [0.25, 0.3) is 0 Å². The zero-order valence-electron chi connectivity index (χ0n) is 13.6. The maximum Gasteiger partial charge on any atom is 0.328 e. The van der Waals surface area contributed by atoms with Crippen LogP contribution in [-0.4, -0.2) is 39.2 Å². The Morgan fingerprint density at radius 2 is 1.81 bits per heavy atom. The van der Waals surface area contributed by atoms with Crippen LogP contribution in [0.4, 0.5) is 8.78 Å². The summed E-state index contributed by atoms with van der Waals surface area (Å²) in [4.78, 5) is 27.5. The van der Waals surface area contributed by atoms with E-state index >= 15 is 0 Å². The Morgan fingerprint density at radius 1 is 1.07 bits per heavy atom. The Bertz CT molecular complexity index is 1070. The topological polar surface area (TPSA) is 102 Å². The van der Waals surface area contributed by atoms with Crippen molar-refractivity contribution in [1.82, 2.24) is 4.72 Å². The molecule has 2 aromatic carbocycles. The van der Waals surface area contributed by atoms with E-state index in [1.54, 1.807) is 12.1 Å². The summed E-state index contributed by atoms with van der Waals surface area (Å²) in [5, 5.41) is 0. The lowest BCUT2D eigenvalue weighted by Gasteiger charge is -2.04. The monoisotopic (exact) mass is 394 g/mol. The second-order valence-corrected chi connectivity index (χ2v) is 7.13. The lowest BCUT2D eigenvalue weighted by Crippen LogP contribution is -2.24. The number of Topliss-reactive ketones (excluding diaryl/α,β-unsaturated/α-hetero) is 1. The predicted molar refractivity (Wildman–Crippen MR) is 89.8 cm³/mol. The van der Waals surface area contributed by atoms with Gasteiger partial charge in [0.25, 0.3) is 10.0 Å². The average molecular weight is 394 g/mol. The van der Waals surface area contributed by atoms with E-state index < -0.39 is 46.6 Å². The molecule has 140 valence electrons. The largest absolute Gasteiger partial charge is 0.456 e. The van der Waals surface area contributed by atoms with Crippen molar-refractivity contribution >= 4 is 27.6 Å². The van der Waals surface area contributed by atoms with Gasteiger partial charge in [0.05, 0.1) is 4.90 Å². The SMILES string of the molecule is O=C(CN=C1NS(=O)(=O)c2ccccc21)OCC(=O)c1ccc(F)c(F)c1. The van der Waals surface area contributed by atoms with Gasteiger partial charge in [-0.25, -0.2) is 17.2 Å². The van der Waals surface area contributed by atoms with Gasteiger partial charge in [0.1, 0.15) is 12.4 Å². The molecule has 10 heteroatoms. The van der Waals surface area contributed by atoms with E-state index in [0.717, 1.165) is 12.1 Å². The van der Waals surface area contributed by atoms with E-state index in [-0.39, 0.29) is 16.3 Å². The van der Waals surface area contributed by atoms with E-state index in [1.807, 2.05) is 0 Å². The van der Waals surface area contributed by atoms with E-state index in [4.69, 9.17) is 4.74 Å². The second kappa shape index (κ2) is 7.23. The number of halogens is 2. The molecular formula is C17H12F2N2O5S. The number of fused-ring (bicyclic) bond motifs is 1. The number of carbonyl (C=O) groups is 2. The highest BCUT2D eigenvalue weighted by Crippen LogP contribution is 2.22. The molecule has 0 saturated carbocycles. The third-order valence-corrected chi connectivity index (χ3v) is 5.03. The van der Waals surface area contributed by atoms with Crippen molar-refractivity contribution in [3.05, 3.63) is 65.2 Å². The van der Waals surface area contributed by atoms with Gasteiger partial charge in [0.2, 0.25) is 0 Å². The number of aliphatic imine (C=N–C) groups is 1. The van der Waals surface area contributed by atoms with Gasteiger partial charge < -0.3 is 4.74 Å². The lowest BCUT2D eigenvalue weighted by atomic mass is 10.1. The van der Waals surface area contributed by atoms with Crippen molar-refractivity contribution in [2.45, 2.75) is 4.90 Å². The van der Waals surface area contributed by atoms with Gasteiger partial charge in [-0.05, 0) is 30.3 Å². The number of rotatable bonds is 5. The molecule has 0 amide bonds. The third-order valence-electron chi connectivity index (χ3n) is 3.63. The fourth-order valence-electron chi connectivity index (χ4n) is 2.34. The van der Waals surface area contributed by atoms with Gasteiger partial charge in [-0.2, -0.15) is 0 Å². The molecule has 2 aromatic rings. The van der Waals surface area contributed by atoms with E-state index in [0.29, 0.717) is 11.6 Å². The summed E-state index contributed by atoms with van der Waals surface area (Å²) in [5.41, 5.74) is 0.175. The predicted octanol–water partition coefficient (Wildman–Crippen LogP) is 1.43. The van der Waals surface area contributed by atoms with Crippen LogP contribution in [0.2, 0.25) is 0 Å². The van der Waals surface area contributed by atoms with Crippen LogP contribution in [0.5, 0.6) is 0 Å². The number of hydrogen-bond donors (Lipinski definition) is 1. The van der Waals surface area contributed by atoms with Crippen LogP contribution in [0, 0.1) is 11.6 Å². The molecule has 0 spiro atoms. The highest BCUT2D eigenvalue weighted by atomic mass is 32.2. The Kier molecular flexibility index (Phi) is 5.00. The Balaban J connectivity index is 1.61. The maximum absolute atomic E-state index is 13.1. The summed E-state index contributed by atoms with van der Waals surface area (Å²) in [5.74, 6) is -3.90. The zero-order valence-corrected chi connectivity index (χ0v) is 14.4. The van der Waals surface area contributed by atoms with Gasteiger partial charge in [0.15, 0.2) is 24.0 Å². The van der Waals surface area contributed by atoms with Crippen molar-refractivity contribution in [2.24, 2.45) is 4.99 Å². The summed E-state index contributed by atoms with van der Waals surface area (Å²) in [6.45, 7) is -1.21. The van der Waals surface area contributed by atoms with Crippen LogP contribution in [0.1, 0.15) is 15.9 Å². The summed E-state index contributed by atoms with van der Waals surface area (Å²) in [7, 11) is -3.73. The number of sulfonamides is 1. The molecule has 0 aromatic heterocycles. The van der Waals surface area contributed by atoms with E-state index in [2.05, 4.69) is 9.71 Å². The molecule has 1 N–H and O–H groups in total. The molecule has 1 heterocycles. The Labute approximate surface area is 152 Å². The van der Waals surface area contributed by atoms with Crippen molar-refractivity contribution < 1.29 is 31.5 Å². The zero-order chi connectivity index (χ0) is 19.6. The molecule has 7 nitrogen and oxygen atoms in total. The molecule has 0 saturated heterocycles. The second-order valence-electron chi connectivity index (χ2n) is 5.48. The minimum atomic E-state index is -3.73. The molecule has 0 unspecified atom stereocenters. The van der Waals surface area contributed by atoms with Crippen LogP contribution < -0.4 is 4.72 Å². The first kappa shape index (κ1) is 18.6. The van der Waals surface area contributed by atoms with Crippen molar-refractivity contribution in [3.63, 3.8) is 0 Å². The number of hydrogen-bond acceptors (Lipinski definition) is 6. The van der Waals surface area contributed by atoms with Crippen molar-refractivity contribution in [1.29, 1.82) is 0 Å². The Morgan fingerprint density at radius 3 is 2.56 bits per heavy atom. The van der Waals surface area contributed by atoms with Gasteiger partial charge in [-0.1, -0.05) is 12.1 Å². The number of nitrogens with one attached hydrogen (secondary N) is 1. The first-order chi connectivity index (χ1) is 12.8. The molecule has 0 radical (unpaired) electrons. The van der Waals surface area contributed by atoms with Crippen LogP contribution in [0.15, 0.2) is 52.4 Å². The first-order valence-corrected chi connectivity index (χ1v) is 9.07. The van der Waals surface area contributed by atoms with Gasteiger partial charge in [-0.3, -0.25) is 19.3 Å². The third kappa shape index (κ3) is 4.00. The highest BCUT2D eigenvalue weighted by Gasteiger charge is 2.30. The van der Waals surface area contributed by atoms with Crippen molar-refractivity contribution in [2.75, 3.05) is 13.2 Å². The quantitative estimate of drug-likeness (QED) is 0.611. The maximum atomic E-state index is 13.1. The summed E-state index contributed by atoms with van der Waals surface area (Å²) in [6, 6.07) is 8.67. The number of benzene rings is 2. The van der Waals surface area contributed by atoms with Crippen molar-refractivity contribution in [3.8, 4) is 0 Å². The number of ketones is 1. The molecule has 0 aliphatic carbocycles. The van der Waals surface area contributed by atoms with Gasteiger partial charge >= 0.3 is 5.97 Å². The number of ether oxygens (including phenoxy) is 1. The number of amidine groups is 1. The normalized spacial score (nSPS) is 15.9. The summed E-state index contributed by atoms with van der Waals surface area (Å²) >= 11 is 0. The fraction of sp³-hybridized carbons (Fsp3) is 0.118. The van der Waals surface area contributed by atoms with Crippen LogP contribution in [0.3, 0.4) is 0 Å². The standard InChI is InChI=1S/C17H12F2N2O5S/c18-12-6-5-10(7-13(12)19)14(22)9-26-16(23)8-20-17-11-3-1-2-4-15(11)27(24,25)21-17/h1-7H,8-9H2,(H,20,21).